The molecule has 1 aromatic heterocycles. The first-order chi connectivity index (χ1) is 8.65. The molecule has 0 aliphatic carbocycles. The molecular formula is C12H18BrN4O+. The van der Waals surface area contributed by atoms with E-state index in [9.17, 15) is 4.79 Å². The molecule has 6 heteroatoms. The molecule has 1 N–H and O–H groups in total. The smallest absolute Gasteiger partial charge is 0.275 e. The highest BCUT2D eigenvalue weighted by molar-refractivity contribution is 9.10. The number of rotatable bonds is 1. The normalized spacial score (nSPS) is 27.3. The van der Waals surface area contributed by atoms with E-state index in [1.807, 2.05) is 18.1 Å². The molecule has 2 saturated heterocycles. The van der Waals surface area contributed by atoms with Gasteiger partial charge in [-0.3, -0.25) is 9.48 Å². The van der Waals surface area contributed by atoms with Gasteiger partial charge in [0.05, 0.1) is 30.7 Å². The van der Waals surface area contributed by atoms with E-state index in [4.69, 9.17) is 0 Å². The van der Waals surface area contributed by atoms with Crippen molar-refractivity contribution in [3.8, 4) is 0 Å². The van der Waals surface area contributed by atoms with E-state index in [2.05, 4.69) is 21.0 Å². The molecule has 2 atom stereocenters. The van der Waals surface area contributed by atoms with Gasteiger partial charge >= 0.3 is 0 Å². The number of carbonyl (C=O) groups is 1. The number of quaternary nitrogens is 1. The van der Waals surface area contributed by atoms with Crippen LogP contribution in [0.4, 0.5) is 0 Å². The van der Waals surface area contributed by atoms with Gasteiger partial charge in [-0.25, -0.2) is 0 Å². The molecule has 2 fully saturated rings. The summed E-state index contributed by atoms with van der Waals surface area (Å²) < 4.78 is 2.46. The monoisotopic (exact) mass is 313 g/mol. The molecule has 18 heavy (non-hydrogen) atoms. The van der Waals surface area contributed by atoms with Crippen LogP contribution in [0.5, 0.6) is 0 Å². The van der Waals surface area contributed by atoms with Crippen molar-refractivity contribution in [1.29, 1.82) is 0 Å². The first-order valence-corrected chi connectivity index (χ1v) is 7.27. The number of hydrogen-bond acceptors (Lipinski definition) is 2. The van der Waals surface area contributed by atoms with Crippen molar-refractivity contribution in [2.75, 3.05) is 26.2 Å². The molecule has 1 unspecified atom stereocenters. The number of hydrogen-bond donors (Lipinski definition) is 1. The lowest BCUT2D eigenvalue weighted by Crippen LogP contribution is -3.16. The zero-order chi connectivity index (χ0) is 12.7. The number of fused-ring (bicyclic) bond motifs is 1. The van der Waals surface area contributed by atoms with Crippen molar-refractivity contribution in [2.45, 2.75) is 18.9 Å². The van der Waals surface area contributed by atoms with Crippen molar-refractivity contribution in [3.63, 3.8) is 0 Å². The van der Waals surface area contributed by atoms with Crippen LogP contribution >= 0.6 is 15.9 Å². The molecule has 1 aromatic rings. The molecule has 98 valence electrons. The highest BCUT2D eigenvalue weighted by Gasteiger charge is 2.37. The summed E-state index contributed by atoms with van der Waals surface area (Å²) in [5.41, 5.74) is 0.541. The van der Waals surface area contributed by atoms with Gasteiger partial charge in [-0.2, -0.15) is 5.10 Å². The van der Waals surface area contributed by atoms with Crippen LogP contribution in [0, 0.1) is 0 Å². The molecule has 5 nitrogen and oxygen atoms in total. The summed E-state index contributed by atoms with van der Waals surface area (Å²) in [4.78, 5) is 16.1. The van der Waals surface area contributed by atoms with Crippen LogP contribution in [-0.4, -0.2) is 52.8 Å². The third-order valence-corrected chi connectivity index (χ3v) is 4.63. The standard InChI is InChI=1S/C12H17BrN4O/c1-15-8-10(13)11(14-15)12(18)17-6-5-16-4-2-3-9(16)7-17/h8-9H,2-7H2,1H3/p+1/t9-/m0/s1. The molecule has 0 spiro atoms. The molecule has 3 rings (SSSR count). The largest absolute Gasteiger partial charge is 0.330 e. The maximum Gasteiger partial charge on any atom is 0.275 e. The number of aryl methyl sites for hydroxylation is 1. The molecule has 3 heterocycles. The maximum absolute atomic E-state index is 12.4. The second-order valence-electron chi connectivity index (χ2n) is 5.25. The second kappa shape index (κ2) is 4.66. The summed E-state index contributed by atoms with van der Waals surface area (Å²) >= 11 is 3.40. The minimum atomic E-state index is 0.0634. The molecule has 0 saturated carbocycles. The number of aromatic nitrogens is 2. The van der Waals surface area contributed by atoms with E-state index in [1.165, 1.54) is 19.4 Å². The minimum Gasteiger partial charge on any atom is -0.330 e. The Morgan fingerprint density at radius 2 is 2.39 bits per heavy atom. The third-order valence-electron chi connectivity index (χ3n) is 4.05. The van der Waals surface area contributed by atoms with Crippen LogP contribution in [0.25, 0.3) is 0 Å². The van der Waals surface area contributed by atoms with E-state index in [-0.39, 0.29) is 5.91 Å². The van der Waals surface area contributed by atoms with Gasteiger partial charge in [-0.05, 0) is 15.9 Å². The summed E-state index contributed by atoms with van der Waals surface area (Å²) in [7, 11) is 1.83. The summed E-state index contributed by atoms with van der Waals surface area (Å²) in [5.74, 6) is 0.0634. The van der Waals surface area contributed by atoms with Gasteiger partial charge in [0, 0.05) is 26.1 Å². The quantitative estimate of drug-likeness (QED) is 0.772. The molecule has 2 aliphatic heterocycles. The van der Waals surface area contributed by atoms with Crippen molar-refractivity contribution in [1.82, 2.24) is 14.7 Å². The predicted molar refractivity (Wildman–Crippen MR) is 70.5 cm³/mol. The lowest BCUT2D eigenvalue weighted by atomic mass is 10.1. The fourth-order valence-corrected chi connectivity index (χ4v) is 3.65. The Labute approximate surface area is 115 Å². The van der Waals surface area contributed by atoms with Gasteiger partial charge in [0.2, 0.25) is 0 Å². The Morgan fingerprint density at radius 1 is 1.56 bits per heavy atom. The number of nitrogens with zero attached hydrogens (tertiary/aromatic N) is 3. The van der Waals surface area contributed by atoms with E-state index >= 15 is 0 Å². The highest BCUT2D eigenvalue weighted by atomic mass is 79.9. The van der Waals surface area contributed by atoms with Gasteiger partial charge < -0.3 is 9.80 Å². The van der Waals surface area contributed by atoms with Gasteiger partial charge in [0.25, 0.3) is 5.91 Å². The maximum atomic E-state index is 12.4. The Balaban J connectivity index is 1.75. The number of carbonyl (C=O) groups excluding carboxylic acids is 1. The predicted octanol–water partition coefficient (Wildman–Crippen LogP) is -0.314. The fraction of sp³-hybridized carbons (Fsp3) is 0.667. The van der Waals surface area contributed by atoms with Crippen molar-refractivity contribution < 1.29 is 9.69 Å². The van der Waals surface area contributed by atoms with Crippen molar-refractivity contribution in [2.24, 2.45) is 7.05 Å². The summed E-state index contributed by atoms with van der Waals surface area (Å²) in [6.45, 7) is 4.10. The van der Waals surface area contributed by atoms with Gasteiger partial charge in [-0.15, -0.1) is 0 Å². The average Bonchev–Trinajstić information content (AvgIpc) is 2.93. The molecule has 2 aliphatic rings. The number of piperazine rings is 1. The summed E-state index contributed by atoms with van der Waals surface area (Å²) in [6.07, 6.45) is 4.38. The zero-order valence-corrected chi connectivity index (χ0v) is 12.1. The summed E-state index contributed by atoms with van der Waals surface area (Å²) in [6, 6.07) is 0.644. The molecule has 1 amide bonds. The molecule has 0 radical (unpaired) electrons. The average molecular weight is 314 g/mol. The van der Waals surface area contributed by atoms with Crippen LogP contribution in [-0.2, 0) is 7.05 Å². The topological polar surface area (TPSA) is 42.6 Å². The lowest BCUT2D eigenvalue weighted by Gasteiger charge is -2.34. The van der Waals surface area contributed by atoms with Crippen LogP contribution in [0.15, 0.2) is 10.7 Å². The zero-order valence-electron chi connectivity index (χ0n) is 10.5. The van der Waals surface area contributed by atoms with E-state index in [0.717, 1.165) is 24.1 Å². The first-order valence-electron chi connectivity index (χ1n) is 6.48. The highest BCUT2D eigenvalue weighted by Crippen LogP contribution is 2.17. The van der Waals surface area contributed by atoms with Gasteiger partial charge in [0.1, 0.15) is 6.04 Å². The second-order valence-corrected chi connectivity index (χ2v) is 6.10. The Kier molecular flexibility index (Phi) is 3.15. The van der Waals surface area contributed by atoms with Crippen LogP contribution < -0.4 is 4.90 Å². The third kappa shape index (κ3) is 2.07. The van der Waals surface area contributed by atoms with Crippen molar-refractivity contribution in [3.05, 3.63) is 16.4 Å². The Morgan fingerprint density at radius 3 is 3.11 bits per heavy atom. The van der Waals surface area contributed by atoms with Crippen LogP contribution in [0.2, 0.25) is 0 Å². The van der Waals surface area contributed by atoms with E-state index in [1.54, 1.807) is 9.58 Å². The SMILES string of the molecule is Cn1cc(Br)c(C(=O)N2CC[NH+]3CCC[C@H]3C2)n1. The van der Waals surface area contributed by atoms with Crippen molar-refractivity contribution >= 4 is 21.8 Å². The first kappa shape index (κ1) is 12.2. The van der Waals surface area contributed by atoms with Crippen LogP contribution in [0.1, 0.15) is 23.3 Å². The van der Waals surface area contributed by atoms with Gasteiger partial charge in [0.15, 0.2) is 5.69 Å². The van der Waals surface area contributed by atoms with Gasteiger partial charge in [-0.1, -0.05) is 0 Å². The molecular weight excluding hydrogens is 296 g/mol. The number of halogens is 1. The lowest BCUT2D eigenvalue weighted by molar-refractivity contribution is -0.916. The Bertz CT molecular complexity index is 473. The number of nitrogens with one attached hydrogen (secondary N) is 1. The van der Waals surface area contributed by atoms with Crippen LogP contribution in [0.3, 0.4) is 0 Å². The fourth-order valence-electron chi connectivity index (χ4n) is 3.11. The van der Waals surface area contributed by atoms with E-state index < -0.39 is 0 Å². The molecule has 0 bridgehead atoms. The Hall–Kier alpha value is -0.880. The van der Waals surface area contributed by atoms with E-state index in [0.29, 0.717) is 11.7 Å². The number of amides is 1. The summed E-state index contributed by atoms with van der Waals surface area (Å²) in [5, 5.41) is 4.24. The minimum absolute atomic E-state index is 0.0634. The molecule has 0 aromatic carbocycles.